The maximum absolute atomic E-state index is 12.9. The summed E-state index contributed by atoms with van der Waals surface area (Å²) in [4.78, 5) is 15.7. The summed E-state index contributed by atoms with van der Waals surface area (Å²) in [7, 11) is 1.82. The molecule has 38 heavy (non-hydrogen) atoms. The number of phenols is 1. The summed E-state index contributed by atoms with van der Waals surface area (Å²) in [6.45, 7) is 2.82. The molecule has 2 aromatic carbocycles. The molecule has 2 aliphatic heterocycles. The smallest absolute Gasteiger partial charge is 0.319 e. The van der Waals surface area contributed by atoms with E-state index in [9.17, 15) is 9.90 Å². The number of piperidine rings is 1. The van der Waals surface area contributed by atoms with Crippen LogP contribution in [0, 0.1) is 17.3 Å². The first-order valence-corrected chi connectivity index (χ1v) is 14.4. The Labute approximate surface area is 223 Å². The number of methoxy groups -OCH3 is 1. The minimum absolute atomic E-state index is 0.0549. The molecule has 2 spiro atoms. The Balaban J connectivity index is 1.18. The van der Waals surface area contributed by atoms with Crippen molar-refractivity contribution >= 4 is 11.7 Å². The standard InChI is InChI=1S/C31H37N3O4/c1-37-31-12-11-29(16-21(31)17-32-28(36)33-22-5-3-2-4-6-22)24-15-20-9-10-23(35)26-25(20)30(29,27(31)38-26)13-14-34(24)18-19-7-8-19/h2-6,9-10,19,21,24,27,35H,7-8,11-18H2,1H3,(H2,32,33,36)/t21-,24-,27-,29-,30+,31?/m1/s1. The van der Waals surface area contributed by atoms with Crippen molar-refractivity contribution in [3.63, 3.8) is 0 Å². The van der Waals surface area contributed by atoms with Gasteiger partial charge < -0.3 is 25.2 Å². The molecule has 4 bridgehead atoms. The number of para-hydroxylation sites is 1. The number of hydrogen-bond donors (Lipinski definition) is 3. The van der Waals surface area contributed by atoms with Crippen LogP contribution in [0.2, 0.25) is 0 Å². The van der Waals surface area contributed by atoms with Gasteiger partial charge in [0.05, 0.1) is 0 Å². The van der Waals surface area contributed by atoms with E-state index in [4.69, 9.17) is 9.47 Å². The molecule has 5 fully saturated rings. The SMILES string of the molecule is COC12CC[C@@]3(C[C@@H]1CNC(=O)Nc1ccccc1)[C@H]1Cc4ccc(O)c5c4[C@@]3(CCN1CC1CC1)[C@H]2O5. The molecule has 200 valence electrons. The van der Waals surface area contributed by atoms with E-state index < -0.39 is 5.60 Å². The molecule has 2 aromatic rings. The van der Waals surface area contributed by atoms with Gasteiger partial charge in [0.25, 0.3) is 0 Å². The van der Waals surface area contributed by atoms with Crippen LogP contribution in [0.4, 0.5) is 10.5 Å². The van der Waals surface area contributed by atoms with Crippen molar-refractivity contribution in [2.24, 2.45) is 17.3 Å². The van der Waals surface area contributed by atoms with Crippen LogP contribution in [0.5, 0.6) is 11.5 Å². The van der Waals surface area contributed by atoms with Gasteiger partial charge in [0, 0.05) is 54.2 Å². The van der Waals surface area contributed by atoms with E-state index in [2.05, 4.69) is 21.6 Å². The third-order valence-corrected chi connectivity index (χ3v) is 11.3. The lowest BCUT2D eigenvalue weighted by Gasteiger charge is -2.74. The quantitative estimate of drug-likeness (QED) is 0.530. The number of ether oxygens (including phenoxy) is 2. The Morgan fingerprint density at radius 3 is 2.79 bits per heavy atom. The molecule has 2 amide bonds. The molecule has 3 N–H and O–H groups in total. The molecule has 0 aromatic heterocycles. The highest BCUT2D eigenvalue weighted by atomic mass is 16.6. The Hall–Kier alpha value is -2.77. The fourth-order valence-corrected chi connectivity index (χ4v) is 9.70. The number of anilines is 1. The van der Waals surface area contributed by atoms with Crippen molar-refractivity contribution < 1.29 is 19.4 Å². The van der Waals surface area contributed by atoms with Crippen LogP contribution in [0.25, 0.3) is 0 Å². The van der Waals surface area contributed by atoms with Crippen molar-refractivity contribution in [3.8, 4) is 11.5 Å². The molecule has 7 heteroatoms. The summed E-state index contributed by atoms with van der Waals surface area (Å²) >= 11 is 0. The number of amides is 2. The van der Waals surface area contributed by atoms with Crippen LogP contribution < -0.4 is 15.4 Å². The zero-order valence-electron chi connectivity index (χ0n) is 22.0. The first kappa shape index (κ1) is 23.1. The molecule has 4 saturated carbocycles. The first-order valence-electron chi connectivity index (χ1n) is 14.4. The van der Waals surface area contributed by atoms with E-state index >= 15 is 0 Å². The number of carbonyl (C=O) groups excluding carboxylic acids is 1. The minimum Gasteiger partial charge on any atom is -0.504 e. The van der Waals surface area contributed by atoms with Crippen LogP contribution in [-0.2, 0) is 16.6 Å². The summed E-state index contributed by atoms with van der Waals surface area (Å²) in [6.07, 6.45) is 7.65. The molecule has 6 atom stereocenters. The number of rotatable bonds is 6. The number of phenolic OH excluding ortho intramolecular Hbond substituents is 1. The van der Waals surface area contributed by atoms with Gasteiger partial charge in [-0.15, -0.1) is 0 Å². The maximum Gasteiger partial charge on any atom is 0.319 e. The molecule has 2 heterocycles. The van der Waals surface area contributed by atoms with E-state index in [-0.39, 0.29) is 34.6 Å². The van der Waals surface area contributed by atoms with Gasteiger partial charge in [0.2, 0.25) is 0 Å². The number of aromatic hydroxyl groups is 1. The lowest BCUT2D eigenvalue weighted by Crippen LogP contribution is -2.81. The predicted octanol–water partition coefficient (Wildman–Crippen LogP) is 4.44. The maximum atomic E-state index is 12.9. The summed E-state index contributed by atoms with van der Waals surface area (Å²) in [5.74, 6) is 1.92. The monoisotopic (exact) mass is 515 g/mol. The molecular formula is C31H37N3O4. The summed E-state index contributed by atoms with van der Waals surface area (Å²) in [5.41, 5.74) is 2.82. The minimum atomic E-state index is -0.509. The van der Waals surface area contributed by atoms with E-state index in [1.165, 1.54) is 30.5 Å². The number of carbonyl (C=O) groups is 1. The van der Waals surface area contributed by atoms with Gasteiger partial charge >= 0.3 is 6.03 Å². The van der Waals surface area contributed by atoms with Crippen LogP contribution in [0.3, 0.4) is 0 Å². The molecule has 5 aliphatic carbocycles. The zero-order valence-corrected chi connectivity index (χ0v) is 22.0. The largest absolute Gasteiger partial charge is 0.504 e. The second-order valence-corrected chi connectivity index (χ2v) is 12.7. The third kappa shape index (κ3) is 2.84. The van der Waals surface area contributed by atoms with Crippen LogP contribution in [-0.4, -0.2) is 60.5 Å². The van der Waals surface area contributed by atoms with Crippen LogP contribution >= 0.6 is 0 Å². The lowest BCUT2D eigenvalue weighted by atomic mass is 9.35. The number of urea groups is 1. The Bertz CT molecular complexity index is 1300. The second-order valence-electron chi connectivity index (χ2n) is 12.7. The highest BCUT2D eigenvalue weighted by Gasteiger charge is 2.80. The van der Waals surface area contributed by atoms with Gasteiger partial charge in [0.15, 0.2) is 11.5 Å². The van der Waals surface area contributed by atoms with E-state index in [0.29, 0.717) is 18.3 Å². The van der Waals surface area contributed by atoms with Crippen molar-refractivity contribution in [1.29, 1.82) is 0 Å². The summed E-state index contributed by atoms with van der Waals surface area (Å²) in [5, 5.41) is 17.1. The predicted molar refractivity (Wildman–Crippen MR) is 144 cm³/mol. The molecule has 1 unspecified atom stereocenters. The van der Waals surface area contributed by atoms with Gasteiger partial charge in [-0.2, -0.15) is 0 Å². The Morgan fingerprint density at radius 1 is 1.16 bits per heavy atom. The second kappa shape index (κ2) is 7.89. The van der Waals surface area contributed by atoms with Crippen molar-refractivity contribution in [3.05, 3.63) is 53.6 Å². The van der Waals surface area contributed by atoms with Gasteiger partial charge in [0.1, 0.15) is 11.7 Å². The molecule has 9 rings (SSSR count). The fourth-order valence-electron chi connectivity index (χ4n) is 9.70. The summed E-state index contributed by atoms with van der Waals surface area (Å²) < 4.78 is 13.4. The van der Waals surface area contributed by atoms with E-state index in [0.717, 1.165) is 50.3 Å². The van der Waals surface area contributed by atoms with E-state index in [1.54, 1.807) is 0 Å². The fraction of sp³-hybridized carbons (Fsp3) is 0.581. The molecule has 0 radical (unpaired) electrons. The van der Waals surface area contributed by atoms with Crippen molar-refractivity contribution in [2.75, 3.05) is 32.1 Å². The molecule has 1 saturated heterocycles. The highest BCUT2D eigenvalue weighted by Crippen LogP contribution is 2.76. The molecule has 7 aliphatic rings. The number of nitrogens with zero attached hydrogens (tertiary/aromatic N) is 1. The van der Waals surface area contributed by atoms with E-state index in [1.807, 2.05) is 43.5 Å². The topological polar surface area (TPSA) is 83.1 Å². The zero-order chi connectivity index (χ0) is 25.7. The van der Waals surface area contributed by atoms with Crippen LogP contribution in [0.1, 0.15) is 49.7 Å². The average molecular weight is 516 g/mol. The first-order chi connectivity index (χ1) is 18.5. The van der Waals surface area contributed by atoms with Gasteiger partial charge in [-0.05, 0) is 81.2 Å². The number of likely N-dealkylation sites (tertiary alicyclic amines) is 1. The summed E-state index contributed by atoms with van der Waals surface area (Å²) in [6, 6.07) is 13.8. The number of nitrogens with one attached hydrogen (secondary N) is 2. The normalized spacial score (nSPS) is 37.9. The molecule has 7 nitrogen and oxygen atoms in total. The van der Waals surface area contributed by atoms with Crippen molar-refractivity contribution in [2.45, 2.75) is 68.1 Å². The third-order valence-electron chi connectivity index (χ3n) is 11.3. The lowest BCUT2D eigenvalue weighted by molar-refractivity contribution is -0.275. The van der Waals surface area contributed by atoms with Crippen LogP contribution in [0.15, 0.2) is 42.5 Å². The average Bonchev–Trinajstić information content (AvgIpc) is 3.67. The Kier molecular flexibility index (Phi) is 4.80. The number of hydrogen-bond acceptors (Lipinski definition) is 5. The van der Waals surface area contributed by atoms with Gasteiger partial charge in [-0.1, -0.05) is 24.3 Å². The van der Waals surface area contributed by atoms with Crippen molar-refractivity contribution in [1.82, 2.24) is 10.2 Å². The van der Waals surface area contributed by atoms with Gasteiger partial charge in [-0.25, -0.2) is 4.79 Å². The van der Waals surface area contributed by atoms with Gasteiger partial charge in [-0.3, -0.25) is 4.90 Å². The highest BCUT2D eigenvalue weighted by molar-refractivity contribution is 5.89. The Morgan fingerprint density at radius 2 is 2.00 bits per heavy atom. The molecular weight excluding hydrogens is 478 g/mol. The number of fused-ring (bicyclic) bond motifs is 2. The number of benzene rings is 2.